The monoisotopic (exact) mass is 492 g/mol. The number of aromatic nitrogens is 1. The summed E-state index contributed by atoms with van der Waals surface area (Å²) < 4.78 is 15.1. The van der Waals surface area contributed by atoms with E-state index >= 15 is 0 Å². The second-order valence-corrected chi connectivity index (χ2v) is 8.17. The number of anilines is 1. The van der Waals surface area contributed by atoms with Gasteiger partial charge in [0.1, 0.15) is 10.7 Å². The van der Waals surface area contributed by atoms with Crippen LogP contribution in [0.2, 0.25) is 0 Å². The zero-order chi connectivity index (χ0) is 24.8. The molecule has 0 saturated carbocycles. The lowest BCUT2D eigenvalue weighted by molar-refractivity contribution is 0.0526. The van der Waals surface area contributed by atoms with Crippen LogP contribution in [0.1, 0.15) is 45.6 Å². The van der Waals surface area contributed by atoms with E-state index in [1.54, 1.807) is 55.7 Å². The minimum atomic E-state index is -0.413. The zero-order valence-corrected chi connectivity index (χ0v) is 20.6. The first kappa shape index (κ1) is 27.2. The second kappa shape index (κ2) is 15.0. The molecule has 1 heterocycles. The van der Waals surface area contributed by atoms with Gasteiger partial charge in [-0.05, 0) is 44.0 Å². The maximum Gasteiger partial charge on any atom is 0.338 e. The molecule has 1 aromatic heterocycles. The summed E-state index contributed by atoms with van der Waals surface area (Å²) in [6.07, 6.45) is 1.36. The number of thiazole rings is 1. The van der Waals surface area contributed by atoms with Crippen molar-refractivity contribution in [2.24, 2.45) is 0 Å². The fraction of sp³-hybridized carbons (Fsp3) is 0.478. The van der Waals surface area contributed by atoms with Gasteiger partial charge in [0, 0.05) is 51.6 Å². The lowest BCUT2D eigenvalue weighted by Gasteiger charge is -2.22. The molecule has 2 rings (SSSR count). The van der Waals surface area contributed by atoms with E-state index in [0.717, 1.165) is 0 Å². The Morgan fingerprint density at radius 1 is 1.06 bits per heavy atom. The third kappa shape index (κ3) is 9.08. The lowest BCUT2D eigenvalue weighted by Crippen LogP contribution is -2.35. The third-order valence-corrected chi connectivity index (χ3v) is 5.47. The number of amides is 3. The summed E-state index contributed by atoms with van der Waals surface area (Å²) >= 11 is 1.32. The van der Waals surface area contributed by atoms with Crippen molar-refractivity contribution in [2.45, 2.75) is 26.3 Å². The van der Waals surface area contributed by atoms with Crippen LogP contribution >= 0.6 is 11.3 Å². The van der Waals surface area contributed by atoms with Crippen molar-refractivity contribution < 1.29 is 28.6 Å². The molecule has 0 aliphatic carbocycles. The molecule has 0 atom stereocenters. The Bertz CT molecular complexity index is 918. The number of rotatable bonds is 14. The molecule has 0 bridgehead atoms. The molecule has 0 unspecified atom stereocenters. The molecular weight excluding hydrogens is 460 g/mol. The topological polar surface area (TPSA) is 119 Å². The number of hydrogen-bond donors (Lipinski definition) is 2. The van der Waals surface area contributed by atoms with Crippen LogP contribution in [0.25, 0.3) is 0 Å². The predicted molar refractivity (Wildman–Crippen MR) is 129 cm³/mol. The summed E-state index contributed by atoms with van der Waals surface area (Å²) in [6, 6.07) is 6.17. The van der Waals surface area contributed by atoms with E-state index in [9.17, 15) is 14.4 Å². The van der Waals surface area contributed by atoms with Gasteiger partial charge >= 0.3 is 12.0 Å². The Hall–Kier alpha value is -3.02. The Morgan fingerprint density at radius 3 is 2.44 bits per heavy atom. The summed E-state index contributed by atoms with van der Waals surface area (Å²) in [6.45, 7) is 4.30. The highest BCUT2D eigenvalue weighted by Crippen LogP contribution is 2.16. The van der Waals surface area contributed by atoms with Crippen LogP contribution in [-0.4, -0.2) is 74.9 Å². The highest BCUT2D eigenvalue weighted by atomic mass is 32.1. The predicted octanol–water partition coefficient (Wildman–Crippen LogP) is 3.16. The van der Waals surface area contributed by atoms with Gasteiger partial charge in [0.2, 0.25) is 0 Å². The van der Waals surface area contributed by atoms with Crippen LogP contribution in [0.15, 0.2) is 29.6 Å². The molecule has 186 valence electrons. The number of carbonyl (C=O) groups excluding carboxylic acids is 3. The molecule has 0 aliphatic heterocycles. The van der Waals surface area contributed by atoms with Crippen molar-refractivity contribution in [3.8, 4) is 0 Å². The number of ether oxygens (including phenoxy) is 3. The molecule has 2 aromatic rings. The van der Waals surface area contributed by atoms with Gasteiger partial charge in [0.15, 0.2) is 0 Å². The summed E-state index contributed by atoms with van der Waals surface area (Å²) in [4.78, 5) is 43.0. The van der Waals surface area contributed by atoms with Gasteiger partial charge in [-0.25, -0.2) is 14.6 Å². The smallest absolute Gasteiger partial charge is 0.338 e. The number of hydrogen-bond acceptors (Lipinski definition) is 8. The number of methoxy groups -OCH3 is 2. The van der Waals surface area contributed by atoms with Gasteiger partial charge in [-0.1, -0.05) is 0 Å². The van der Waals surface area contributed by atoms with Crippen molar-refractivity contribution in [3.63, 3.8) is 0 Å². The Morgan fingerprint density at radius 2 is 1.76 bits per heavy atom. The van der Waals surface area contributed by atoms with E-state index in [1.165, 1.54) is 11.3 Å². The molecule has 11 heteroatoms. The summed E-state index contributed by atoms with van der Waals surface area (Å²) in [5.41, 5.74) is 1.28. The molecule has 0 radical (unpaired) electrons. The SMILES string of the molecule is CCOC(=O)c1ccc(NC(=O)N(CCCOC)Cc2nc(C(=O)NCCCOC)cs2)cc1. The van der Waals surface area contributed by atoms with E-state index in [4.69, 9.17) is 14.2 Å². The van der Waals surface area contributed by atoms with Crippen LogP contribution in [0.5, 0.6) is 0 Å². The van der Waals surface area contributed by atoms with Gasteiger partial charge in [0.05, 0.1) is 18.7 Å². The zero-order valence-electron chi connectivity index (χ0n) is 19.8. The van der Waals surface area contributed by atoms with Gasteiger partial charge in [-0.2, -0.15) is 0 Å². The van der Waals surface area contributed by atoms with E-state index in [2.05, 4.69) is 15.6 Å². The average molecular weight is 493 g/mol. The van der Waals surface area contributed by atoms with Crippen LogP contribution in [0.3, 0.4) is 0 Å². The third-order valence-electron chi connectivity index (χ3n) is 4.63. The van der Waals surface area contributed by atoms with Crippen molar-refractivity contribution >= 4 is 34.9 Å². The highest BCUT2D eigenvalue weighted by Gasteiger charge is 2.18. The maximum atomic E-state index is 12.9. The fourth-order valence-corrected chi connectivity index (χ4v) is 3.71. The molecule has 2 N–H and O–H groups in total. The summed E-state index contributed by atoms with van der Waals surface area (Å²) in [7, 11) is 3.22. The molecule has 0 spiro atoms. The standard InChI is InChI=1S/C23H32N4O6S/c1-4-33-22(29)17-7-9-18(10-8-17)25-23(30)27(12-6-14-32-3)15-20-26-19(16-34-20)21(28)24-11-5-13-31-2/h7-10,16H,4-6,11-15H2,1-3H3,(H,24,28)(H,25,30). The first-order chi connectivity index (χ1) is 16.5. The van der Waals surface area contributed by atoms with E-state index in [0.29, 0.717) is 67.7 Å². The molecule has 0 saturated heterocycles. The molecule has 3 amide bonds. The molecule has 0 fully saturated rings. The van der Waals surface area contributed by atoms with Crippen LogP contribution in [-0.2, 0) is 20.8 Å². The average Bonchev–Trinajstić information content (AvgIpc) is 3.30. The van der Waals surface area contributed by atoms with Crippen molar-refractivity contribution in [1.29, 1.82) is 0 Å². The molecule has 0 aliphatic rings. The Labute approximate surface area is 203 Å². The van der Waals surface area contributed by atoms with Crippen molar-refractivity contribution in [2.75, 3.05) is 52.4 Å². The number of benzene rings is 1. The largest absolute Gasteiger partial charge is 0.462 e. The number of nitrogens with one attached hydrogen (secondary N) is 2. The Balaban J connectivity index is 2.00. The fourth-order valence-electron chi connectivity index (χ4n) is 2.92. The number of esters is 1. The number of urea groups is 1. The molecule has 34 heavy (non-hydrogen) atoms. The van der Waals surface area contributed by atoms with Gasteiger partial charge < -0.3 is 29.7 Å². The minimum absolute atomic E-state index is 0.248. The van der Waals surface area contributed by atoms with Crippen molar-refractivity contribution in [3.05, 3.63) is 45.9 Å². The van der Waals surface area contributed by atoms with Crippen molar-refractivity contribution in [1.82, 2.24) is 15.2 Å². The number of carbonyl (C=O) groups is 3. The number of nitrogens with zero attached hydrogens (tertiary/aromatic N) is 2. The normalized spacial score (nSPS) is 10.6. The molecule has 1 aromatic carbocycles. The summed E-state index contributed by atoms with van der Waals surface area (Å²) in [5, 5.41) is 7.96. The summed E-state index contributed by atoms with van der Waals surface area (Å²) in [5.74, 6) is -0.667. The van der Waals surface area contributed by atoms with Crippen LogP contribution in [0.4, 0.5) is 10.5 Å². The van der Waals surface area contributed by atoms with E-state index in [-0.39, 0.29) is 18.5 Å². The minimum Gasteiger partial charge on any atom is -0.462 e. The molecule has 10 nitrogen and oxygen atoms in total. The maximum absolute atomic E-state index is 12.9. The van der Waals surface area contributed by atoms with Crippen LogP contribution in [0, 0.1) is 0 Å². The van der Waals surface area contributed by atoms with Gasteiger partial charge in [-0.3, -0.25) is 4.79 Å². The second-order valence-electron chi connectivity index (χ2n) is 7.22. The van der Waals surface area contributed by atoms with Gasteiger partial charge in [-0.15, -0.1) is 11.3 Å². The lowest BCUT2D eigenvalue weighted by atomic mass is 10.2. The first-order valence-electron chi connectivity index (χ1n) is 11.0. The Kier molecular flexibility index (Phi) is 12.0. The molecular formula is C23H32N4O6S. The quantitative estimate of drug-likeness (QED) is 0.307. The first-order valence-corrected chi connectivity index (χ1v) is 11.9. The van der Waals surface area contributed by atoms with Gasteiger partial charge in [0.25, 0.3) is 5.91 Å². The van der Waals surface area contributed by atoms with E-state index < -0.39 is 5.97 Å². The highest BCUT2D eigenvalue weighted by molar-refractivity contribution is 7.09. The van der Waals surface area contributed by atoms with E-state index in [1.807, 2.05) is 0 Å². The van der Waals surface area contributed by atoms with Crippen LogP contribution < -0.4 is 10.6 Å².